The number of methoxy groups -OCH3 is 1. The molecular weight excluding hydrogens is 412 g/mol. The van der Waals surface area contributed by atoms with Gasteiger partial charge >= 0.3 is 0 Å². The SMILES string of the molecule is COc1ccc(NC(=O)c2ccc(-n3cc(C4=Nc5ccccc5C4(C)C)cn3)cc2)cc1. The van der Waals surface area contributed by atoms with Crippen LogP contribution < -0.4 is 10.1 Å². The normalized spacial score (nSPS) is 13.8. The number of rotatable bonds is 5. The fourth-order valence-electron chi connectivity index (χ4n) is 4.14. The van der Waals surface area contributed by atoms with E-state index in [1.807, 2.05) is 65.6 Å². The molecule has 33 heavy (non-hydrogen) atoms. The maximum absolute atomic E-state index is 12.6. The molecule has 0 saturated carbocycles. The number of fused-ring (bicyclic) bond motifs is 1. The summed E-state index contributed by atoms with van der Waals surface area (Å²) in [5.74, 6) is 0.569. The molecule has 4 aromatic rings. The summed E-state index contributed by atoms with van der Waals surface area (Å²) in [7, 11) is 1.61. The van der Waals surface area contributed by atoms with Gasteiger partial charge in [0.15, 0.2) is 0 Å². The smallest absolute Gasteiger partial charge is 0.255 e. The van der Waals surface area contributed by atoms with Crippen LogP contribution in [0, 0.1) is 0 Å². The molecule has 164 valence electrons. The first kappa shape index (κ1) is 20.7. The van der Waals surface area contributed by atoms with E-state index >= 15 is 0 Å². The lowest BCUT2D eigenvalue weighted by Gasteiger charge is -2.21. The van der Waals surface area contributed by atoms with Gasteiger partial charge in [0.1, 0.15) is 5.75 Å². The monoisotopic (exact) mass is 436 g/mol. The van der Waals surface area contributed by atoms with Gasteiger partial charge in [-0.1, -0.05) is 32.0 Å². The number of hydrogen-bond donors (Lipinski definition) is 1. The van der Waals surface area contributed by atoms with Gasteiger partial charge in [0.2, 0.25) is 0 Å². The van der Waals surface area contributed by atoms with Gasteiger partial charge in [-0.05, 0) is 60.2 Å². The van der Waals surface area contributed by atoms with Crippen LogP contribution >= 0.6 is 0 Å². The van der Waals surface area contributed by atoms with Crippen molar-refractivity contribution >= 4 is 23.0 Å². The molecule has 0 saturated heterocycles. The number of carbonyl (C=O) groups is 1. The maximum atomic E-state index is 12.6. The molecule has 6 heteroatoms. The Morgan fingerprint density at radius 1 is 0.970 bits per heavy atom. The number of nitrogens with zero attached hydrogens (tertiary/aromatic N) is 3. The third-order valence-corrected chi connectivity index (χ3v) is 6.00. The highest BCUT2D eigenvalue weighted by Gasteiger charge is 2.36. The highest BCUT2D eigenvalue weighted by molar-refractivity contribution is 6.12. The van der Waals surface area contributed by atoms with E-state index in [2.05, 4.69) is 36.4 Å². The van der Waals surface area contributed by atoms with Crippen molar-refractivity contribution in [1.29, 1.82) is 0 Å². The second-order valence-electron chi connectivity index (χ2n) is 8.51. The number of anilines is 1. The van der Waals surface area contributed by atoms with Crippen molar-refractivity contribution in [3.63, 3.8) is 0 Å². The second-order valence-corrected chi connectivity index (χ2v) is 8.51. The van der Waals surface area contributed by atoms with Gasteiger partial charge in [0, 0.05) is 28.4 Å². The summed E-state index contributed by atoms with van der Waals surface area (Å²) in [6.07, 6.45) is 3.83. The number of nitrogens with one attached hydrogen (secondary N) is 1. The van der Waals surface area contributed by atoms with Gasteiger partial charge in [-0.15, -0.1) is 0 Å². The molecule has 0 radical (unpaired) electrons. The molecule has 6 nitrogen and oxygen atoms in total. The first-order chi connectivity index (χ1) is 16.0. The van der Waals surface area contributed by atoms with E-state index in [0.29, 0.717) is 11.3 Å². The minimum Gasteiger partial charge on any atom is -0.497 e. The zero-order chi connectivity index (χ0) is 23.0. The molecule has 0 unspecified atom stereocenters. The van der Waals surface area contributed by atoms with E-state index in [9.17, 15) is 4.79 Å². The van der Waals surface area contributed by atoms with Crippen molar-refractivity contribution < 1.29 is 9.53 Å². The van der Waals surface area contributed by atoms with E-state index in [4.69, 9.17) is 9.73 Å². The maximum Gasteiger partial charge on any atom is 0.255 e. The van der Waals surface area contributed by atoms with Crippen molar-refractivity contribution in [3.8, 4) is 11.4 Å². The average molecular weight is 437 g/mol. The Labute approximate surface area is 192 Å². The summed E-state index contributed by atoms with van der Waals surface area (Å²) in [5, 5.41) is 7.44. The van der Waals surface area contributed by atoms with Crippen LogP contribution in [0.2, 0.25) is 0 Å². The Bertz CT molecular complexity index is 1350. The first-order valence-corrected chi connectivity index (χ1v) is 10.8. The summed E-state index contributed by atoms with van der Waals surface area (Å²) >= 11 is 0. The third kappa shape index (κ3) is 3.80. The number of aromatic nitrogens is 2. The van der Waals surface area contributed by atoms with Crippen LogP contribution in [0.4, 0.5) is 11.4 Å². The van der Waals surface area contributed by atoms with Crippen LogP contribution in [-0.2, 0) is 5.41 Å². The number of para-hydroxylation sites is 1. The molecule has 0 fully saturated rings. The number of aliphatic imine (C=N–C) groups is 1. The van der Waals surface area contributed by atoms with Crippen molar-refractivity contribution in [3.05, 3.63) is 102 Å². The Kier molecular flexibility index (Phi) is 5.05. The zero-order valence-corrected chi connectivity index (χ0v) is 18.7. The van der Waals surface area contributed by atoms with Crippen molar-refractivity contribution in [2.24, 2.45) is 4.99 Å². The zero-order valence-electron chi connectivity index (χ0n) is 18.7. The summed E-state index contributed by atoms with van der Waals surface area (Å²) < 4.78 is 6.96. The lowest BCUT2D eigenvalue weighted by molar-refractivity contribution is 0.102. The number of amides is 1. The fraction of sp³-hybridized carbons (Fsp3) is 0.148. The van der Waals surface area contributed by atoms with Crippen LogP contribution in [0.1, 0.15) is 35.3 Å². The largest absolute Gasteiger partial charge is 0.497 e. The molecule has 0 atom stereocenters. The molecule has 0 spiro atoms. The van der Waals surface area contributed by atoms with Crippen molar-refractivity contribution in [1.82, 2.24) is 9.78 Å². The van der Waals surface area contributed by atoms with Gasteiger partial charge in [0.05, 0.1) is 30.4 Å². The number of hydrogen-bond acceptors (Lipinski definition) is 4. The van der Waals surface area contributed by atoms with Gasteiger partial charge in [-0.3, -0.25) is 9.79 Å². The molecule has 5 rings (SSSR count). The number of ether oxygens (including phenoxy) is 1. The van der Waals surface area contributed by atoms with E-state index in [1.165, 1.54) is 5.56 Å². The van der Waals surface area contributed by atoms with E-state index in [0.717, 1.165) is 28.4 Å². The van der Waals surface area contributed by atoms with Gasteiger partial charge in [0.25, 0.3) is 5.91 Å². The average Bonchev–Trinajstić information content (AvgIpc) is 3.42. The Balaban J connectivity index is 1.33. The van der Waals surface area contributed by atoms with Gasteiger partial charge < -0.3 is 10.1 Å². The van der Waals surface area contributed by atoms with Crippen LogP contribution in [0.15, 0.2) is 90.2 Å². The Hall–Kier alpha value is -4.19. The quantitative estimate of drug-likeness (QED) is 0.446. The summed E-state index contributed by atoms with van der Waals surface area (Å²) in [5.41, 5.74) is 6.19. The molecule has 1 aromatic heterocycles. The lowest BCUT2D eigenvalue weighted by Crippen LogP contribution is -2.26. The Morgan fingerprint density at radius 2 is 1.70 bits per heavy atom. The molecule has 1 N–H and O–H groups in total. The summed E-state index contributed by atoms with van der Waals surface area (Å²) in [6, 6.07) is 22.8. The van der Waals surface area contributed by atoms with Crippen molar-refractivity contribution in [2.45, 2.75) is 19.3 Å². The first-order valence-electron chi connectivity index (χ1n) is 10.8. The van der Waals surface area contributed by atoms with E-state index in [1.54, 1.807) is 19.2 Å². The van der Waals surface area contributed by atoms with Crippen molar-refractivity contribution in [2.75, 3.05) is 12.4 Å². The topological polar surface area (TPSA) is 68.5 Å². The summed E-state index contributed by atoms with van der Waals surface area (Å²) in [6.45, 7) is 4.37. The highest BCUT2D eigenvalue weighted by Crippen LogP contribution is 2.41. The number of carbonyl (C=O) groups excluding carboxylic acids is 1. The molecule has 3 aromatic carbocycles. The fourth-order valence-corrected chi connectivity index (χ4v) is 4.14. The molecule has 0 aliphatic carbocycles. The Morgan fingerprint density at radius 3 is 2.39 bits per heavy atom. The molecule has 1 amide bonds. The van der Waals surface area contributed by atoms with Crippen LogP contribution in [0.25, 0.3) is 5.69 Å². The lowest BCUT2D eigenvalue weighted by atomic mass is 9.80. The minimum atomic E-state index is -0.187. The minimum absolute atomic E-state index is 0.173. The molecule has 0 bridgehead atoms. The van der Waals surface area contributed by atoms with Crippen LogP contribution in [-0.4, -0.2) is 28.5 Å². The molecule has 1 aliphatic heterocycles. The summed E-state index contributed by atoms with van der Waals surface area (Å²) in [4.78, 5) is 17.5. The molecule has 2 heterocycles. The second kappa shape index (κ2) is 8.06. The van der Waals surface area contributed by atoms with E-state index < -0.39 is 0 Å². The third-order valence-electron chi connectivity index (χ3n) is 6.00. The van der Waals surface area contributed by atoms with E-state index in [-0.39, 0.29) is 11.3 Å². The predicted molar refractivity (Wildman–Crippen MR) is 130 cm³/mol. The van der Waals surface area contributed by atoms with Crippen LogP contribution in [0.5, 0.6) is 5.75 Å². The number of benzene rings is 3. The van der Waals surface area contributed by atoms with Gasteiger partial charge in [-0.25, -0.2) is 4.68 Å². The standard InChI is InChI=1S/C27H24N4O2/c1-27(2)23-6-4-5-7-24(23)30-25(27)19-16-28-31(17-19)21-12-8-18(9-13-21)26(32)29-20-10-14-22(33-3)15-11-20/h4-17H,1-3H3,(H,29,32). The van der Waals surface area contributed by atoms with Gasteiger partial charge in [-0.2, -0.15) is 5.10 Å². The predicted octanol–water partition coefficient (Wildman–Crippen LogP) is 5.55. The van der Waals surface area contributed by atoms with Crippen LogP contribution in [0.3, 0.4) is 0 Å². The molecular formula is C27H24N4O2. The highest BCUT2D eigenvalue weighted by atomic mass is 16.5. The molecule has 1 aliphatic rings.